The summed E-state index contributed by atoms with van der Waals surface area (Å²) in [6, 6.07) is 6.88. The van der Waals surface area contributed by atoms with E-state index in [1.54, 1.807) is 29.2 Å². The number of carbonyl (C=O) groups excluding carboxylic acids is 1. The van der Waals surface area contributed by atoms with Gasteiger partial charge in [0.1, 0.15) is 0 Å². The van der Waals surface area contributed by atoms with Crippen LogP contribution in [-0.4, -0.2) is 35.1 Å². The first-order valence-electron chi connectivity index (χ1n) is 6.40. The van der Waals surface area contributed by atoms with E-state index in [-0.39, 0.29) is 18.6 Å². The molecule has 1 unspecified atom stereocenters. The summed E-state index contributed by atoms with van der Waals surface area (Å²) in [4.78, 5) is 14.2. The SMILES string of the molecule is O=C(c1ccc(Cl)cc1)N1CCCCCC1CO. The minimum absolute atomic E-state index is 0.00684. The molecule has 3 nitrogen and oxygen atoms in total. The summed E-state index contributed by atoms with van der Waals surface area (Å²) in [7, 11) is 0. The zero-order chi connectivity index (χ0) is 13.0. The number of nitrogens with zero attached hydrogens (tertiary/aromatic N) is 1. The molecule has 0 bridgehead atoms. The van der Waals surface area contributed by atoms with E-state index in [0.29, 0.717) is 10.6 Å². The maximum atomic E-state index is 12.4. The highest BCUT2D eigenvalue weighted by Crippen LogP contribution is 2.20. The van der Waals surface area contributed by atoms with Gasteiger partial charge in [-0.25, -0.2) is 0 Å². The summed E-state index contributed by atoms with van der Waals surface area (Å²) in [5.41, 5.74) is 0.639. The van der Waals surface area contributed by atoms with Crippen molar-refractivity contribution >= 4 is 17.5 Å². The molecule has 1 atom stereocenters. The van der Waals surface area contributed by atoms with Crippen molar-refractivity contribution in [3.05, 3.63) is 34.9 Å². The number of carbonyl (C=O) groups is 1. The fraction of sp³-hybridized carbons (Fsp3) is 0.500. The van der Waals surface area contributed by atoms with Crippen molar-refractivity contribution in [3.8, 4) is 0 Å². The molecular weight excluding hydrogens is 250 g/mol. The Labute approximate surface area is 112 Å². The average molecular weight is 268 g/mol. The molecule has 1 heterocycles. The highest BCUT2D eigenvalue weighted by Gasteiger charge is 2.25. The molecule has 0 spiro atoms. The van der Waals surface area contributed by atoms with Gasteiger partial charge < -0.3 is 10.0 Å². The van der Waals surface area contributed by atoms with Gasteiger partial charge in [-0.1, -0.05) is 24.4 Å². The van der Waals surface area contributed by atoms with E-state index in [2.05, 4.69) is 0 Å². The Balaban J connectivity index is 2.17. The Morgan fingerprint density at radius 2 is 2.00 bits per heavy atom. The predicted octanol–water partition coefficient (Wildman–Crippen LogP) is 2.72. The Hall–Kier alpha value is -1.06. The minimum atomic E-state index is -0.0457. The molecule has 0 aliphatic carbocycles. The summed E-state index contributed by atoms with van der Waals surface area (Å²) in [5, 5.41) is 10.0. The Kier molecular flexibility index (Phi) is 4.61. The van der Waals surface area contributed by atoms with Gasteiger partial charge in [-0.15, -0.1) is 0 Å². The smallest absolute Gasteiger partial charge is 0.254 e. The molecule has 98 valence electrons. The molecule has 1 N–H and O–H groups in total. The van der Waals surface area contributed by atoms with E-state index < -0.39 is 0 Å². The highest BCUT2D eigenvalue weighted by molar-refractivity contribution is 6.30. The second-order valence-corrected chi connectivity index (χ2v) is 5.13. The zero-order valence-electron chi connectivity index (χ0n) is 10.3. The van der Waals surface area contributed by atoms with Gasteiger partial charge in [0.15, 0.2) is 0 Å². The average Bonchev–Trinajstić information content (AvgIpc) is 2.63. The van der Waals surface area contributed by atoms with Crippen molar-refractivity contribution in [1.82, 2.24) is 4.90 Å². The lowest BCUT2D eigenvalue weighted by Gasteiger charge is -2.28. The topological polar surface area (TPSA) is 40.5 Å². The van der Waals surface area contributed by atoms with Crippen molar-refractivity contribution < 1.29 is 9.90 Å². The lowest BCUT2D eigenvalue weighted by molar-refractivity contribution is 0.0600. The third kappa shape index (κ3) is 3.03. The zero-order valence-corrected chi connectivity index (χ0v) is 11.1. The molecule has 1 amide bonds. The molecule has 2 rings (SSSR count). The second kappa shape index (κ2) is 6.21. The first-order chi connectivity index (χ1) is 8.72. The Morgan fingerprint density at radius 1 is 1.28 bits per heavy atom. The first-order valence-corrected chi connectivity index (χ1v) is 6.77. The molecule has 18 heavy (non-hydrogen) atoms. The van der Waals surface area contributed by atoms with E-state index in [9.17, 15) is 9.90 Å². The summed E-state index contributed by atoms with van der Waals surface area (Å²) >= 11 is 5.82. The molecular formula is C14H18ClNO2. The van der Waals surface area contributed by atoms with Crippen molar-refractivity contribution in [1.29, 1.82) is 0 Å². The van der Waals surface area contributed by atoms with E-state index >= 15 is 0 Å². The van der Waals surface area contributed by atoms with Crippen LogP contribution >= 0.6 is 11.6 Å². The highest BCUT2D eigenvalue weighted by atomic mass is 35.5. The van der Waals surface area contributed by atoms with Crippen molar-refractivity contribution in [2.24, 2.45) is 0 Å². The summed E-state index contributed by atoms with van der Waals surface area (Å²) in [6.07, 6.45) is 4.10. The number of halogens is 1. The minimum Gasteiger partial charge on any atom is -0.394 e. The molecule has 1 aromatic carbocycles. The molecule has 0 saturated carbocycles. The molecule has 1 aliphatic heterocycles. The Morgan fingerprint density at radius 3 is 2.67 bits per heavy atom. The van der Waals surface area contributed by atoms with Crippen LogP contribution in [0.25, 0.3) is 0 Å². The standard InChI is InChI=1S/C14H18ClNO2/c15-12-7-5-11(6-8-12)14(18)16-9-3-1-2-4-13(16)10-17/h5-8,13,17H,1-4,9-10H2. The molecule has 4 heteroatoms. The van der Waals surface area contributed by atoms with E-state index in [1.807, 2.05) is 0 Å². The number of amides is 1. The normalized spacial score (nSPS) is 20.6. The monoisotopic (exact) mass is 267 g/mol. The number of hydrogen-bond acceptors (Lipinski definition) is 2. The van der Waals surface area contributed by atoms with Crippen LogP contribution in [0, 0.1) is 0 Å². The van der Waals surface area contributed by atoms with E-state index in [4.69, 9.17) is 11.6 Å². The van der Waals surface area contributed by atoms with Crippen LogP contribution in [0.3, 0.4) is 0 Å². The fourth-order valence-corrected chi connectivity index (χ4v) is 2.52. The number of likely N-dealkylation sites (tertiary alicyclic amines) is 1. The molecule has 1 fully saturated rings. The van der Waals surface area contributed by atoms with E-state index in [1.165, 1.54) is 0 Å². The van der Waals surface area contributed by atoms with Crippen molar-refractivity contribution in [2.75, 3.05) is 13.2 Å². The number of aliphatic hydroxyl groups excluding tert-OH is 1. The second-order valence-electron chi connectivity index (χ2n) is 4.69. The molecule has 1 saturated heterocycles. The van der Waals surface area contributed by atoms with Crippen molar-refractivity contribution in [2.45, 2.75) is 31.7 Å². The summed E-state index contributed by atoms with van der Waals surface area (Å²) in [6.45, 7) is 0.770. The van der Waals surface area contributed by atoms with Gasteiger partial charge >= 0.3 is 0 Å². The van der Waals surface area contributed by atoms with Gasteiger partial charge in [-0.05, 0) is 37.1 Å². The van der Waals surface area contributed by atoms with E-state index in [0.717, 1.165) is 32.2 Å². The number of rotatable bonds is 2. The first kappa shape index (κ1) is 13.4. The third-order valence-electron chi connectivity index (χ3n) is 3.44. The summed E-state index contributed by atoms with van der Waals surface area (Å²) in [5.74, 6) is -0.00684. The Bertz CT molecular complexity index is 405. The number of aliphatic hydroxyl groups is 1. The third-order valence-corrected chi connectivity index (χ3v) is 3.69. The van der Waals surface area contributed by atoms with Crippen LogP contribution < -0.4 is 0 Å². The van der Waals surface area contributed by atoms with Crippen LogP contribution in [0.5, 0.6) is 0 Å². The molecule has 0 aromatic heterocycles. The predicted molar refractivity (Wildman–Crippen MR) is 71.8 cm³/mol. The fourth-order valence-electron chi connectivity index (χ4n) is 2.39. The maximum absolute atomic E-state index is 12.4. The van der Waals surface area contributed by atoms with Gasteiger partial charge in [-0.2, -0.15) is 0 Å². The van der Waals surface area contributed by atoms with Crippen LogP contribution in [0.2, 0.25) is 5.02 Å². The number of hydrogen-bond donors (Lipinski definition) is 1. The van der Waals surface area contributed by atoms with Crippen LogP contribution in [-0.2, 0) is 0 Å². The molecule has 1 aliphatic rings. The molecule has 0 radical (unpaired) electrons. The van der Waals surface area contributed by atoms with Crippen LogP contribution in [0.1, 0.15) is 36.0 Å². The van der Waals surface area contributed by atoms with Gasteiger partial charge in [0.25, 0.3) is 5.91 Å². The lowest BCUT2D eigenvalue weighted by Crippen LogP contribution is -2.42. The van der Waals surface area contributed by atoms with Crippen LogP contribution in [0.4, 0.5) is 0 Å². The van der Waals surface area contributed by atoms with Gasteiger partial charge in [0.2, 0.25) is 0 Å². The van der Waals surface area contributed by atoms with Gasteiger partial charge in [0.05, 0.1) is 12.6 Å². The summed E-state index contributed by atoms with van der Waals surface area (Å²) < 4.78 is 0. The molecule has 1 aromatic rings. The van der Waals surface area contributed by atoms with Crippen LogP contribution in [0.15, 0.2) is 24.3 Å². The quantitative estimate of drug-likeness (QED) is 0.895. The van der Waals surface area contributed by atoms with Gasteiger partial charge in [0, 0.05) is 17.1 Å². The maximum Gasteiger partial charge on any atom is 0.254 e. The number of benzene rings is 1. The lowest BCUT2D eigenvalue weighted by atomic mass is 10.1. The largest absolute Gasteiger partial charge is 0.394 e. The van der Waals surface area contributed by atoms with Crippen molar-refractivity contribution in [3.63, 3.8) is 0 Å². The van der Waals surface area contributed by atoms with Gasteiger partial charge in [-0.3, -0.25) is 4.79 Å².